The Morgan fingerprint density at radius 2 is 2.04 bits per heavy atom. The number of anilines is 1. The minimum absolute atomic E-state index is 0.00124. The van der Waals surface area contributed by atoms with Gasteiger partial charge in [0.25, 0.3) is 0 Å². The fraction of sp³-hybridized carbons (Fsp3) is 0.211. The van der Waals surface area contributed by atoms with E-state index in [9.17, 15) is 13.6 Å². The number of amides is 2. The Morgan fingerprint density at radius 3 is 2.93 bits per heavy atom. The van der Waals surface area contributed by atoms with E-state index in [4.69, 9.17) is 4.74 Å². The molecule has 7 nitrogen and oxygen atoms in total. The molecule has 1 N–H and O–H groups in total. The first-order valence-corrected chi connectivity index (χ1v) is 8.77. The maximum Gasteiger partial charge on any atom is 0.326 e. The number of nitrogens with zero attached hydrogens (tertiary/aromatic N) is 4. The normalized spacial score (nSPS) is 15.4. The predicted molar refractivity (Wildman–Crippen MR) is 95.7 cm³/mol. The van der Waals surface area contributed by atoms with Crippen LogP contribution in [0.15, 0.2) is 36.5 Å². The number of hydrogen-bond acceptors (Lipinski definition) is 4. The minimum atomic E-state index is -0.538. The van der Waals surface area contributed by atoms with Crippen LogP contribution in [0.2, 0.25) is 0 Å². The second-order valence-corrected chi connectivity index (χ2v) is 6.66. The molecule has 2 aromatic heterocycles. The smallest absolute Gasteiger partial charge is 0.326 e. The zero-order chi connectivity index (χ0) is 19.3. The Labute approximate surface area is 158 Å². The lowest BCUT2D eigenvalue weighted by Crippen LogP contribution is -2.32. The highest BCUT2D eigenvalue weighted by molar-refractivity contribution is 5.93. The fourth-order valence-corrected chi connectivity index (χ4v) is 3.50. The Balaban J connectivity index is 1.38. The summed E-state index contributed by atoms with van der Waals surface area (Å²) in [5.41, 5.74) is 2.76. The van der Waals surface area contributed by atoms with Gasteiger partial charge in [0, 0.05) is 29.8 Å². The van der Waals surface area contributed by atoms with Gasteiger partial charge in [-0.2, -0.15) is 10.1 Å². The molecule has 5 rings (SSSR count). The zero-order valence-corrected chi connectivity index (χ0v) is 14.7. The van der Waals surface area contributed by atoms with Crippen molar-refractivity contribution in [3.63, 3.8) is 0 Å². The number of pyridine rings is 1. The van der Waals surface area contributed by atoms with Crippen molar-refractivity contribution < 1.29 is 18.3 Å². The van der Waals surface area contributed by atoms with Crippen LogP contribution in [0.5, 0.6) is 5.88 Å². The van der Waals surface area contributed by atoms with E-state index < -0.39 is 11.6 Å². The maximum atomic E-state index is 13.9. The molecule has 1 aromatic carbocycles. The molecule has 3 aromatic rings. The van der Waals surface area contributed by atoms with Crippen molar-refractivity contribution in [2.75, 3.05) is 18.0 Å². The third-order valence-corrected chi connectivity index (χ3v) is 4.95. The van der Waals surface area contributed by atoms with Crippen LogP contribution in [0.25, 0.3) is 11.1 Å². The van der Waals surface area contributed by atoms with Crippen molar-refractivity contribution in [2.24, 2.45) is 0 Å². The number of aromatic nitrogens is 3. The summed E-state index contributed by atoms with van der Waals surface area (Å²) in [7, 11) is 0. The van der Waals surface area contributed by atoms with Crippen molar-refractivity contribution in [1.82, 2.24) is 20.1 Å². The van der Waals surface area contributed by atoms with Gasteiger partial charge in [-0.3, -0.25) is 10.00 Å². The number of carbonyl (C=O) groups is 1. The van der Waals surface area contributed by atoms with Crippen LogP contribution in [0.1, 0.15) is 11.3 Å². The zero-order valence-electron chi connectivity index (χ0n) is 14.7. The molecule has 0 atom stereocenters. The van der Waals surface area contributed by atoms with Gasteiger partial charge in [-0.1, -0.05) is 0 Å². The number of urea groups is 1. The molecule has 1 fully saturated rings. The number of benzene rings is 1. The molecular formula is C19H15F2N5O2. The molecule has 0 unspecified atom stereocenters. The highest BCUT2D eigenvalue weighted by atomic mass is 19.1. The Bertz CT molecular complexity index is 1080. The first kappa shape index (κ1) is 16.7. The molecule has 2 aliphatic heterocycles. The number of fused-ring (bicyclic) bond motifs is 3. The summed E-state index contributed by atoms with van der Waals surface area (Å²) >= 11 is 0. The molecule has 4 heterocycles. The molecule has 28 heavy (non-hydrogen) atoms. The van der Waals surface area contributed by atoms with E-state index in [0.29, 0.717) is 31.4 Å². The average molecular weight is 383 g/mol. The number of aromatic amines is 1. The average Bonchev–Trinajstić information content (AvgIpc) is 3.31. The lowest BCUT2D eigenvalue weighted by Gasteiger charge is -2.21. The monoisotopic (exact) mass is 383 g/mol. The molecular weight excluding hydrogens is 368 g/mol. The van der Waals surface area contributed by atoms with Crippen molar-refractivity contribution >= 4 is 11.8 Å². The first-order valence-electron chi connectivity index (χ1n) is 8.77. The molecule has 0 bridgehead atoms. The van der Waals surface area contributed by atoms with Gasteiger partial charge < -0.3 is 9.64 Å². The standard InChI is InChI=1S/C19H15F2N5O2/c20-12-1-3-15(21)11(7-12)9-25-5-6-26(19(25)27)17-4-2-13-14-8-22-24-16(14)10-28-18(13)23-17/h1-4,7-8H,5-6,9-10H2,(H,22,24). The molecule has 2 aliphatic rings. The van der Waals surface area contributed by atoms with E-state index in [1.165, 1.54) is 9.80 Å². The quantitative estimate of drug-likeness (QED) is 0.754. The molecule has 0 aliphatic carbocycles. The number of ether oxygens (including phenoxy) is 1. The summed E-state index contributed by atoms with van der Waals surface area (Å²) in [6.07, 6.45) is 1.72. The van der Waals surface area contributed by atoms with E-state index in [0.717, 1.165) is 35.0 Å². The molecule has 0 radical (unpaired) electrons. The summed E-state index contributed by atoms with van der Waals surface area (Å²) in [4.78, 5) is 20.2. The lowest BCUT2D eigenvalue weighted by atomic mass is 10.1. The number of rotatable bonds is 3. The third-order valence-electron chi connectivity index (χ3n) is 4.95. The van der Waals surface area contributed by atoms with Crippen LogP contribution in [0.4, 0.5) is 19.4 Å². The largest absolute Gasteiger partial charge is 0.471 e. The van der Waals surface area contributed by atoms with Crippen LogP contribution >= 0.6 is 0 Å². The van der Waals surface area contributed by atoms with Gasteiger partial charge in [0.15, 0.2) is 0 Å². The number of halogens is 2. The predicted octanol–water partition coefficient (Wildman–Crippen LogP) is 3.08. The number of H-pyrrole nitrogens is 1. The van der Waals surface area contributed by atoms with Gasteiger partial charge in [0.1, 0.15) is 24.1 Å². The van der Waals surface area contributed by atoms with Crippen molar-refractivity contribution in [1.29, 1.82) is 0 Å². The van der Waals surface area contributed by atoms with Gasteiger partial charge >= 0.3 is 6.03 Å². The molecule has 9 heteroatoms. The number of carbonyl (C=O) groups excluding carboxylic acids is 1. The van der Waals surface area contributed by atoms with Crippen molar-refractivity contribution in [2.45, 2.75) is 13.2 Å². The summed E-state index contributed by atoms with van der Waals surface area (Å²) in [6, 6.07) is 6.51. The van der Waals surface area contributed by atoms with Gasteiger partial charge in [0.05, 0.1) is 18.4 Å². The maximum absolute atomic E-state index is 13.9. The molecule has 142 valence electrons. The van der Waals surface area contributed by atoms with Gasteiger partial charge in [-0.05, 0) is 30.3 Å². The van der Waals surface area contributed by atoms with Crippen LogP contribution in [0.3, 0.4) is 0 Å². The fourth-order valence-electron chi connectivity index (χ4n) is 3.50. The van der Waals surface area contributed by atoms with Crippen LogP contribution in [-0.2, 0) is 13.2 Å². The van der Waals surface area contributed by atoms with Gasteiger partial charge in [-0.15, -0.1) is 0 Å². The van der Waals surface area contributed by atoms with E-state index in [1.807, 2.05) is 6.07 Å². The van der Waals surface area contributed by atoms with E-state index in [2.05, 4.69) is 15.2 Å². The van der Waals surface area contributed by atoms with E-state index in [1.54, 1.807) is 12.3 Å². The molecule has 0 spiro atoms. The highest BCUT2D eigenvalue weighted by Crippen LogP contribution is 2.36. The first-order chi connectivity index (χ1) is 13.6. The number of nitrogens with one attached hydrogen (secondary N) is 1. The van der Waals surface area contributed by atoms with E-state index >= 15 is 0 Å². The van der Waals surface area contributed by atoms with Crippen LogP contribution in [0, 0.1) is 11.6 Å². The van der Waals surface area contributed by atoms with Gasteiger partial charge in [-0.25, -0.2) is 13.6 Å². The van der Waals surface area contributed by atoms with Crippen molar-refractivity contribution in [3.05, 3.63) is 59.4 Å². The SMILES string of the molecule is O=C1N(Cc2cc(F)ccc2F)CCN1c1ccc2c(n1)OCc1[nH]ncc1-2. The Morgan fingerprint density at radius 1 is 1.14 bits per heavy atom. The molecule has 1 saturated heterocycles. The topological polar surface area (TPSA) is 74.3 Å². The Kier molecular flexibility index (Phi) is 3.75. The molecule has 2 amide bonds. The highest BCUT2D eigenvalue weighted by Gasteiger charge is 2.32. The summed E-state index contributed by atoms with van der Waals surface area (Å²) in [6.45, 7) is 1.12. The third kappa shape index (κ3) is 2.67. The summed E-state index contributed by atoms with van der Waals surface area (Å²) < 4.78 is 33.0. The minimum Gasteiger partial charge on any atom is -0.471 e. The lowest BCUT2D eigenvalue weighted by molar-refractivity contribution is 0.218. The summed E-state index contributed by atoms with van der Waals surface area (Å²) in [5.74, 6) is -0.178. The van der Waals surface area contributed by atoms with Crippen molar-refractivity contribution in [3.8, 4) is 17.0 Å². The molecule has 0 saturated carbocycles. The number of hydrogen-bond donors (Lipinski definition) is 1. The van der Waals surface area contributed by atoms with Gasteiger partial charge in [0.2, 0.25) is 5.88 Å². The second-order valence-electron chi connectivity index (χ2n) is 6.66. The second kappa shape index (κ2) is 6.29. The van der Waals surface area contributed by atoms with E-state index in [-0.39, 0.29) is 18.1 Å². The van der Waals surface area contributed by atoms with Crippen LogP contribution in [-0.4, -0.2) is 39.2 Å². The Hall–Kier alpha value is -3.49. The summed E-state index contributed by atoms with van der Waals surface area (Å²) in [5, 5.41) is 6.90. The van der Waals surface area contributed by atoms with Crippen LogP contribution < -0.4 is 9.64 Å².